The van der Waals surface area contributed by atoms with Gasteiger partial charge in [-0.25, -0.2) is 0 Å². The van der Waals surface area contributed by atoms with Crippen LogP contribution in [-0.4, -0.2) is 6.21 Å². The van der Waals surface area contributed by atoms with Crippen LogP contribution in [0.3, 0.4) is 0 Å². The molecule has 1 aromatic carbocycles. The van der Waals surface area contributed by atoms with Crippen molar-refractivity contribution < 1.29 is 0 Å². The zero-order valence-corrected chi connectivity index (χ0v) is 7.83. The highest BCUT2D eigenvalue weighted by atomic mass is 15.1. The lowest BCUT2D eigenvalue weighted by Gasteiger charge is -2.04. The molecule has 0 unspecified atom stereocenters. The second kappa shape index (κ2) is 3.77. The summed E-state index contributed by atoms with van der Waals surface area (Å²) in [7, 11) is 0. The Hall–Kier alpha value is -1.75. The van der Waals surface area contributed by atoms with Crippen LogP contribution in [0.5, 0.6) is 0 Å². The van der Waals surface area contributed by atoms with Crippen molar-refractivity contribution in [1.29, 1.82) is 0 Å². The highest BCUT2D eigenvalue weighted by Crippen LogP contribution is 2.14. The summed E-state index contributed by atoms with van der Waals surface area (Å²) < 4.78 is 0. The summed E-state index contributed by atoms with van der Waals surface area (Å²) in [6.07, 6.45) is 6.95. The van der Waals surface area contributed by atoms with Crippen molar-refractivity contribution in [3.63, 3.8) is 0 Å². The number of nitrogens with zero attached hydrogens (tertiary/aromatic N) is 1. The van der Waals surface area contributed by atoms with Gasteiger partial charge in [0.25, 0.3) is 0 Å². The van der Waals surface area contributed by atoms with Crippen LogP contribution >= 0.6 is 0 Å². The molecule has 0 aliphatic heterocycles. The Labute approximate surface area is 78.5 Å². The van der Waals surface area contributed by atoms with E-state index in [1.165, 1.54) is 0 Å². The molecule has 1 aromatic rings. The maximum atomic E-state index is 5.37. The smallest absolute Gasteiger partial charge is 0.0553 e. The molecule has 0 radical (unpaired) electrons. The van der Waals surface area contributed by atoms with E-state index in [1.54, 1.807) is 6.21 Å². The van der Waals surface area contributed by atoms with Crippen molar-refractivity contribution in [3.05, 3.63) is 34.4 Å². The minimum Gasteiger partial charge on any atom is -0.323 e. The average Bonchev–Trinajstić information content (AvgIpc) is 2.09. The number of rotatable bonds is 1. The van der Waals surface area contributed by atoms with Crippen LogP contribution in [0.25, 0.3) is 0 Å². The van der Waals surface area contributed by atoms with Gasteiger partial charge in [0.1, 0.15) is 0 Å². The molecule has 0 bridgehead atoms. The van der Waals surface area contributed by atoms with Gasteiger partial charge in [-0.2, -0.15) is 5.10 Å². The second-order valence-electron chi connectivity index (χ2n) is 2.97. The van der Waals surface area contributed by atoms with Crippen LogP contribution in [-0.2, 0) is 0 Å². The molecule has 0 aliphatic rings. The Morgan fingerprint density at radius 3 is 2.69 bits per heavy atom. The molecule has 0 aromatic heterocycles. The lowest BCUT2D eigenvalue weighted by atomic mass is 10.0. The summed E-state index contributed by atoms with van der Waals surface area (Å²) in [5.74, 6) is 7.71. The van der Waals surface area contributed by atoms with Gasteiger partial charge in [0.05, 0.1) is 6.21 Å². The third-order valence-corrected chi connectivity index (χ3v) is 1.89. The van der Waals surface area contributed by atoms with Crippen molar-refractivity contribution >= 4 is 6.21 Å². The molecule has 0 amide bonds. The van der Waals surface area contributed by atoms with Crippen molar-refractivity contribution in [1.82, 2.24) is 0 Å². The normalized spacial score (nSPS) is 10.2. The lowest BCUT2D eigenvalue weighted by Crippen LogP contribution is -1.96. The SMILES string of the molecule is C#Cc1cc(C)cc(C)c1/C=N\N. The van der Waals surface area contributed by atoms with Gasteiger partial charge in [-0.3, -0.25) is 0 Å². The summed E-state index contributed by atoms with van der Waals surface area (Å²) in [5.41, 5.74) is 4.02. The van der Waals surface area contributed by atoms with Gasteiger partial charge in [-0.1, -0.05) is 12.0 Å². The Kier molecular flexibility index (Phi) is 2.71. The van der Waals surface area contributed by atoms with Gasteiger partial charge in [0, 0.05) is 11.1 Å². The Bertz CT molecular complexity index is 384. The Balaban J connectivity index is 3.40. The van der Waals surface area contributed by atoms with Crippen LogP contribution in [0.2, 0.25) is 0 Å². The van der Waals surface area contributed by atoms with E-state index in [0.717, 1.165) is 22.3 Å². The quantitative estimate of drug-likeness (QED) is 0.297. The fourth-order valence-electron chi connectivity index (χ4n) is 1.34. The highest BCUT2D eigenvalue weighted by Gasteiger charge is 2.02. The van der Waals surface area contributed by atoms with E-state index in [2.05, 4.69) is 17.1 Å². The van der Waals surface area contributed by atoms with Gasteiger partial charge in [0.2, 0.25) is 0 Å². The number of aryl methyl sites for hydroxylation is 2. The van der Waals surface area contributed by atoms with Crippen molar-refractivity contribution in [2.45, 2.75) is 13.8 Å². The van der Waals surface area contributed by atoms with E-state index < -0.39 is 0 Å². The molecule has 0 saturated carbocycles. The minimum atomic E-state index is 0.840. The zero-order chi connectivity index (χ0) is 9.84. The molecule has 66 valence electrons. The van der Waals surface area contributed by atoms with Crippen LogP contribution in [0.15, 0.2) is 17.2 Å². The first-order valence-electron chi connectivity index (χ1n) is 4.00. The van der Waals surface area contributed by atoms with Gasteiger partial charge in [-0.15, -0.1) is 6.42 Å². The van der Waals surface area contributed by atoms with E-state index in [4.69, 9.17) is 12.3 Å². The van der Waals surface area contributed by atoms with Crippen molar-refractivity contribution in [2.75, 3.05) is 0 Å². The molecule has 0 atom stereocenters. The number of benzene rings is 1. The van der Waals surface area contributed by atoms with Crippen molar-refractivity contribution in [3.8, 4) is 12.3 Å². The maximum Gasteiger partial charge on any atom is 0.0553 e. The fraction of sp³-hybridized carbons (Fsp3) is 0.182. The van der Waals surface area contributed by atoms with E-state index in [-0.39, 0.29) is 0 Å². The Morgan fingerprint density at radius 2 is 2.15 bits per heavy atom. The predicted octanol–water partition coefficient (Wildman–Crippen LogP) is 1.58. The first kappa shape index (κ1) is 9.34. The molecule has 2 nitrogen and oxygen atoms in total. The summed E-state index contributed by atoms with van der Waals surface area (Å²) in [6, 6.07) is 4.00. The first-order valence-corrected chi connectivity index (χ1v) is 4.00. The number of terminal acetylenes is 1. The number of hydrogen-bond donors (Lipinski definition) is 1. The summed E-state index contributed by atoms with van der Waals surface area (Å²) in [5, 5.41) is 3.48. The number of hydrogen-bond acceptors (Lipinski definition) is 2. The van der Waals surface area contributed by atoms with Gasteiger partial charge >= 0.3 is 0 Å². The largest absolute Gasteiger partial charge is 0.323 e. The van der Waals surface area contributed by atoms with Crippen LogP contribution in [0.1, 0.15) is 22.3 Å². The van der Waals surface area contributed by atoms with E-state index >= 15 is 0 Å². The molecular formula is C11H12N2. The third kappa shape index (κ3) is 1.88. The fourth-order valence-corrected chi connectivity index (χ4v) is 1.34. The van der Waals surface area contributed by atoms with Gasteiger partial charge in [-0.05, 0) is 31.0 Å². The minimum absolute atomic E-state index is 0.840. The second-order valence-corrected chi connectivity index (χ2v) is 2.97. The highest BCUT2D eigenvalue weighted by molar-refractivity contribution is 5.85. The van der Waals surface area contributed by atoms with Crippen LogP contribution in [0, 0.1) is 26.2 Å². The summed E-state index contributed by atoms with van der Waals surface area (Å²) in [6.45, 7) is 4.00. The topological polar surface area (TPSA) is 38.4 Å². The van der Waals surface area contributed by atoms with Gasteiger partial charge < -0.3 is 5.84 Å². The molecule has 0 fully saturated rings. The molecule has 2 N–H and O–H groups in total. The summed E-state index contributed by atoms with van der Waals surface area (Å²) >= 11 is 0. The van der Waals surface area contributed by atoms with E-state index in [9.17, 15) is 0 Å². The molecule has 13 heavy (non-hydrogen) atoms. The van der Waals surface area contributed by atoms with Crippen LogP contribution in [0.4, 0.5) is 0 Å². The maximum absolute atomic E-state index is 5.37. The lowest BCUT2D eigenvalue weighted by molar-refractivity contribution is 1.25. The average molecular weight is 172 g/mol. The molecule has 0 heterocycles. The molecule has 1 rings (SSSR count). The predicted molar refractivity (Wildman–Crippen MR) is 55.6 cm³/mol. The van der Waals surface area contributed by atoms with E-state index in [0.29, 0.717) is 0 Å². The molecule has 0 spiro atoms. The third-order valence-electron chi connectivity index (χ3n) is 1.89. The Morgan fingerprint density at radius 1 is 1.46 bits per heavy atom. The zero-order valence-electron chi connectivity index (χ0n) is 7.83. The molecule has 0 saturated heterocycles. The number of nitrogens with two attached hydrogens (primary N) is 1. The van der Waals surface area contributed by atoms with Crippen LogP contribution < -0.4 is 5.84 Å². The van der Waals surface area contributed by atoms with Gasteiger partial charge in [0.15, 0.2) is 0 Å². The molecule has 2 heteroatoms. The number of hydrazone groups is 1. The molecular weight excluding hydrogens is 160 g/mol. The van der Waals surface area contributed by atoms with Crippen molar-refractivity contribution in [2.24, 2.45) is 10.9 Å². The first-order chi connectivity index (χ1) is 6.19. The summed E-state index contributed by atoms with van der Waals surface area (Å²) in [4.78, 5) is 0. The van der Waals surface area contributed by atoms with E-state index in [1.807, 2.05) is 19.9 Å². The molecule has 0 aliphatic carbocycles. The monoisotopic (exact) mass is 172 g/mol. The standard InChI is InChI=1S/C11H12N2/c1-4-10-6-8(2)5-9(3)11(10)7-13-12/h1,5-7H,12H2,2-3H3/b13-7-.